The van der Waals surface area contributed by atoms with Gasteiger partial charge in [0, 0.05) is 35.0 Å². The van der Waals surface area contributed by atoms with Crippen molar-refractivity contribution in [2.24, 2.45) is 0 Å². The molecule has 2 heterocycles. The summed E-state index contributed by atoms with van der Waals surface area (Å²) < 4.78 is 16.8. The van der Waals surface area contributed by atoms with Gasteiger partial charge in [-0.3, -0.25) is 4.21 Å². The molecule has 2 aliphatic heterocycles. The van der Waals surface area contributed by atoms with Gasteiger partial charge >= 0.3 is 0 Å². The number of rotatable bonds is 4. The molecule has 2 unspecified atom stereocenters. The standard InChI is InChI=1S/C11H20O3S/c1-14-6-2-5-11(12)7-9-3-4-10(8-11)15(9)13/h9-10,12H,2-8H2,1H3. The van der Waals surface area contributed by atoms with Crippen molar-refractivity contribution in [3.05, 3.63) is 0 Å². The molecule has 0 aliphatic carbocycles. The quantitative estimate of drug-likeness (QED) is 0.741. The van der Waals surface area contributed by atoms with E-state index in [1.54, 1.807) is 7.11 Å². The summed E-state index contributed by atoms with van der Waals surface area (Å²) in [7, 11) is 1.02. The third-order valence-corrected chi connectivity index (χ3v) is 5.79. The van der Waals surface area contributed by atoms with E-state index in [2.05, 4.69) is 0 Å². The van der Waals surface area contributed by atoms with Gasteiger partial charge in [-0.2, -0.15) is 0 Å². The summed E-state index contributed by atoms with van der Waals surface area (Å²) in [5.41, 5.74) is -0.557. The molecular weight excluding hydrogens is 212 g/mol. The molecule has 0 aromatic heterocycles. The fraction of sp³-hybridized carbons (Fsp3) is 1.00. The van der Waals surface area contributed by atoms with Crippen LogP contribution in [0.25, 0.3) is 0 Å². The van der Waals surface area contributed by atoms with E-state index in [1.165, 1.54) is 0 Å². The van der Waals surface area contributed by atoms with Crippen molar-refractivity contribution in [1.29, 1.82) is 0 Å². The predicted molar refractivity (Wildman–Crippen MR) is 60.2 cm³/mol. The summed E-state index contributed by atoms with van der Waals surface area (Å²) in [5.74, 6) is 0. The molecule has 0 aromatic rings. The van der Waals surface area contributed by atoms with Crippen LogP contribution in [0.4, 0.5) is 0 Å². The zero-order chi connectivity index (χ0) is 10.9. The van der Waals surface area contributed by atoms with Crippen LogP contribution in [0, 0.1) is 0 Å². The Hall–Kier alpha value is 0.0700. The highest BCUT2D eigenvalue weighted by molar-refractivity contribution is 7.86. The minimum Gasteiger partial charge on any atom is -0.390 e. The fourth-order valence-electron chi connectivity index (χ4n) is 2.93. The first-order chi connectivity index (χ1) is 7.14. The van der Waals surface area contributed by atoms with E-state index in [-0.39, 0.29) is 10.5 Å². The molecule has 2 rings (SSSR count). The van der Waals surface area contributed by atoms with Gasteiger partial charge in [0.25, 0.3) is 0 Å². The second-order valence-electron chi connectivity index (χ2n) is 4.88. The number of fused-ring (bicyclic) bond motifs is 2. The number of aliphatic hydroxyl groups is 1. The first-order valence-electron chi connectivity index (χ1n) is 5.75. The van der Waals surface area contributed by atoms with Gasteiger partial charge in [-0.15, -0.1) is 0 Å². The molecule has 4 heteroatoms. The van der Waals surface area contributed by atoms with Crippen LogP contribution in [0.2, 0.25) is 0 Å². The maximum Gasteiger partial charge on any atom is 0.0671 e. The molecule has 15 heavy (non-hydrogen) atoms. The van der Waals surface area contributed by atoms with Crippen molar-refractivity contribution >= 4 is 10.8 Å². The maximum absolute atomic E-state index is 11.8. The number of methoxy groups -OCH3 is 1. The Bertz CT molecular complexity index is 238. The zero-order valence-electron chi connectivity index (χ0n) is 9.28. The van der Waals surface area contributed by atoms with Crippen molar-refractivity contribution in [3.8, 4) is 0 Å². The Labute approximate surface area is 93.7 Å². The fourth-order valence-corrected chi connectivity index (χ4v) is 5.16. The summed E-state index contributed by atoms with van der Waals surface area (Å²) in [6, 6.07) is 0. The summed E-state index contributed by atoms with van der Waals surface area (Å²) in [5, 5.41) is 10.9. The molecule has 1 N–H and O–H groups in total. The summed E-state index contributed by atoms with van der Waals surface area (Å²) in [6.45, 7) is 0.709. The first kappa shape index (κ1) is 11.6. The maximum atomic E-state index is 11.8. The van der Waals surface area contributed by atoms with Crippen LogP contribution < -0.4 is 0 Å². The third-order valence-electron chi connectivity index (χ3n) is 3.67. The van der Waals surface area contributed by atoms with Gasteiger partial charge in [0.05, 0.1) is 5.60 Å². The second kappa shape index (κ2) is 4.52. The summed E-state index contributed by atoms with van der Waals surface area (Å²) in [6.07, 6.45) is 5.26. The molecule has 2 atom stereocenters. The lowest BCUT2D eigenvalue weighted by Crippen LogP contribution is -2.42. The van der Waals surface area contributed by atoms with Gasteiger partial charge in [0.1, 0.15) is 0 Å². The number of hydrogen-bond acceptors (Lipinski definition) is 3. The third kappa shape index (κ3) is 2.43. The second-order valence-corrected chi connectivity index (χ2v) is 6.87. The van der Waals surface area contributed by atoms with Crippen molar-refractivity contribution in [2.45, 2.75) is 54.6 Å². The average molecular weight is 232 g/mol. The van der Waals surface area contributed by atoms with Crippen molar-refractivity contribution in [2.75, 3.05) is 13.7 Å². The van der Waals surface area contributed by atoms with Crippen LogP contribution in [0.1, 0.15) is 38.5 Å². The van der Waals surface area contributed by atoms with E-state index >= 15 is 0 Å². The van der Waals surface area contributed by atoms with Crippen molar-refractivity contribution in [3.63, 3.8) is 0 Å². The molecule has 2 bridgehead atoms. The number of ether oxygens (including phenoxy) is 1. The molecule has 88 valence electrons. The topological polar surface area (TPSA) is 46.5 Å². The van der Waals surface area contributed by atoms with E-state index in [0.717, 1.165) is 38.5 Å². The van der Waals surface area contributed by atoms with Crippen LogP contribution in [0.5, 0.6) is 0 Å². The Balaban J connectivity index is 1.91. The van der Waals surface area contributed by atoms with Gasteiger partial charge in [-0.05, 0) is 38.5 Å². The minimum atomic E-state index is -0.664. The number of hydrogen-bond donors (Lipinski definition) is 1. The largest absolute Gasteiger partial charge is 0.390 e. The van der Waals surface area contributed by atoms with Crippen LogP contribution in [0.3, 0.4) is 0 Å². The molecule has 3 nitrogen and oxygen atoms in total. The van der Waals surface area contributed by atoms with E-state index < -0.39 is 16.4 Å². The molecule has 0 radical (unpaired) electrons. The van der Waals surface area contributed by atoms with Crippen molar-refractivity contribution < 1.29 is 14.1 Å². The molecule has 2 fully saturated rings. The van der Waals surface area contributed by atoms with Crippen LogP contribution in [0.15, 0.2) is 0 Å². The lowest BCUT2D eigenvalue weighted by atomic mass is 9.89. The highest BCUT2D eigenvalue weighted by Crippen LogP contribution is 2.42. The Morgan fingerprint density at radius 2 is 2.00 bits per heavy atom. The summed E-state index contributed by atoms with van der Waals surface area (Å²) >= 11 is 0. The van der Waals surface area contributed by atoms with Gasteiger partial charge in [-0.25, -0.2) is 0 Å². The Morgan fingerprint density at radius 1 is 1.40 bits per heavy atom. The minimum absolute atomic E-state index is 0.260. The van der Waals surface area contributed by atoms with E-state index in [9.17, 15) is 9.32 Å². The van der Waals surface area contributed by atoms with Crippen LogP contribution in [-0.4, -0.2) is 39.1 Å². The predicted octanol–water partition coefficient (Wildman–Crippen LogP) is 1.22. The SMILES string of the molecule is COCCCC1(O)CC2CCC(C1)S2=O. The van der Waals surface area contributed by atoms with E-state index in [1.807, 2.05) is 0 Å². The van der Waals surface area contributed by atoms with Gasteiger partial charge < -0.3 is 9.84 Å². The molecular formula is C11H20O3S. The lowest BCUT2D eigenvalue weighted by Gasteiger charge is -2.35. The molecule has 0 spiro atoms. The first-order valence-corrected chi connectivity index (χ1v) is 7.03. The summed E-state index contributed by atoms with van der Waals surface area (Å²) in [4.78, 5) is 0. The molecule has 2 saturated heterocycles. The van der Waals surface area contributed by atoms with Crippen LogP contribution >= 0.6 is 0 Å². The normalized spacial score (nSPS) is 44.5. The van der Waals surface area contributed by atoms with E-state index in [4.69, 9.17) is 4.74 Å². The van der Waals surface area contributed by atoms with Gasteiger partial charge in [0.15, 0.2) is 0 Å². The molecule has 0 saturated carbocycles. The lowest BCUT2D eigenvalue weighted by molar-refractivity contribution is 0.00667. The van der Waals surface area contributed by atoms with Gasteiger partial charge in [-0.1, -0.05) is 0 Å². The Morgan fingerprint density at radius 3 is 2.53 bits per heavy atom. The zero-order valence-corrected chi connectivity index (χ0v) is 10.1. The molecule has 2 aliphatic rings. The van der Waals surface area contributed by atoms with Gasteiger partial charge in [0.2, 0.25) is 0 Å². The smallest absolute Gasteiger partial charge is 0.0671 e. The van der Waals surface area contributed by atoms with Crippen LogP contribution in [-0.2, 0) is 15.5 Å². The highest BCUT2D eigenvalue weighted by Gasteiger charge is 2.46. The molecule has 0 aromatic carbocycles. The van der Waals surface area contributed by atoms with E-state index in [0.29, 0.717) is 6.61 Å². The highest BCUT2D eigenvalue weighted by atomic mass is 32.2. The Kier molecular flexibility index (Phi) is 3.48. The average Bonchev–Trinajstić information content (AvgIpc) is 2.44. The monoisotopic (exact) mass is 232 g/mol. The molecule has 0 amide bonds. The van der Waals surface area contributed by atoms with Crippen molar-refractivity contribution in [1.82, 2.24) is 0 Å².